The first kappa shape index (κ1) is 15.0. The second-order valence-electron chi connectivity index (χ2n) is 4.15. The minimum absolute atomic E-state index is 0.0624. The Hall–Kier alpha value is -1.05. The minimum atomic E-state index is -0.536. The molecule has 0 saturated carbocycles. The number of urea groups is 1. The zero-order valence-corrected chi connectivity index (χ0v) is 11.1. The fourth-order valence-corrected chi connectivity index (χ4v) is 3.19. The van der Waals surface area contributed by atoms with Gasteiger partial charge < -0.3 is 15.9 Å². The quantitative estimate of drug-likeness (QED) is 0.500. The highest BCUT2D eigenvalue weighted by Crippen LogP contribution is 2.34. The van der Waals surface area contributed by atoms with E-state index in [1.54, 1.807) is 0 Å². The lowest BCUT2D eigenvalue weighted by molar-refractivity contribution is 0.139. The average Bonchev–Trinajstić information content (AvgIpc) is 2.65. The molecule has 1 heterocycles. The molecule has 1 saturated heterocycles. The van der Waals surface area contributed by atoms with Crippen LogP contribution >= 0.6 is 11.8 Å². The second-order valence-corrected chi connectivity index (χ2v) is 5.70. The van der Waals surface area contributed by atoms with E-state index >= 15 is 0 Å². The molecule has 7 heteroatoms. The Morgan fingerprint density at radius 1 is 1.72 bits per heavy atom. The van der Waals surface area contributed by atoms with Crippen molar-refractivity contribution in [2.24, 2.45) is 10.7 Å². The van der Waals surface area contributed by atoms with Crippen molar-refractivity contribution in [3.63, 3.8) is 0 Å². The lowest BCUT2D eigenvalue weighted by Crippen LogP contribution is -2.30. The number of amides is 2. The summed E-state index contributed by atoms with van der Waals surface area (Å²) in [6.07, 6.45) is 1.40. The van der Waals surface area contributed by atoms with Crippen LogP contribution in [-0.2, 0) is 0 Å². The first-order valence-corrected chi connectivity index (χ1v) is 6.60. The van der Waals surface area contributed by atoms with Gasteiger partial charge in [0.2, 0.25) is 0 Å². The van der Waals surface area contributed by atoms with Gasteiger partial charge in [-0.15, -0.1) is 11.8 Å². The molecule has 18 heavy (non-hydrogen) atoms. The topological polar surface area (TPSA) is 99.1 Å². The smallest absolute Gasteiger partial charge is 0.349 e. The number of aliphatic hydroxyl groups excluding tert-OH is 2. The lowest BCUT2D eigenvalue weighted by Gasteiger charge is -2.19. The largest absolute Gasteiger partial charge is 0.395 e. The number of aliphatic hydroxyl groups is 2. The van der Waals surface area contributed by atoms with Crippen molar-refractivity contribution in [2.75, 3.05) is 13.2 Å². The van der Waals surface area contributed by atoms with E-state index in [-0.39, 0.29) is 22.9 Å². The van der Waals surface area contributed by atoms with Crippen LogP contribution in [0, 0.1) is 0 Å². The molecule has 1 aliphatic rings. The van der Waals surface area contributed by atoms with E-state index in [1.807, 2.05) is 0 Å². The van der Waals surface area contributed by atoms with Crippen molar-refractivity contribution >= 4 is 23.6 Å². The Morgan fingerprint density at radius 2 is 2.39 bits per heavy atom. The number of nitrogens with two attached hydrogens (primary N) is 1. The van der Waals surface area contributed by atoms with E-state index in [9.17, 15) is 9.90 Å². The molecule has 102 valence electrons. The molecule has 1 aliphatic heterocycles. The molecule has 2 amide bonds. The van der Waals surface area contributed by atoms with E-state index in [0.29, 0.717) is 13.0 Å². The summed E-state index contributed by atoms with van der Waals surface area (Å²) in [4.78, 5) is 16.7. The number of rotatable bonds is 4. The summed E-state index contributed by atoms with van der Waals surface area (Å²) in [6.45, 7) is 5.44. The second kappa shape index (κ2) is 6.77. The van der Waals surface area contributed by atoms with Crippen LogP contribution in [0.1, 0.15) is 13.3 Å². The molecule has 1 rings (SSSR count). The predicted molar refractivity (Wildman–Crippen MR) is 72.5 cm³/mol. The van der Waals surface area contributed by atoms with E-state index < -0.39 is 12.1 Å². The highest BCUT2D eigenvalue weighted by Gasteiger charge is 2.34. The van der Waals surface area contributed by atoms with Crippen LogP contribution in [0.3, 0.4) is 0 Å². The van der Waals surface area contributed by atoms with E-state index in [4.69, 9.17) is 10.8 Å². The van der Waals surface area contributed by atoms with Gasteiger partial charge >= 0.3 is 6.03 Å². The number of carbonyl (C=O) groups excluding carboxylic acids is 1. The predicted octanol–water partition coefficient (Wildman–Crippen LogP) is 0.156. The van der Waals surface area contributed by atoms with Gasteiger partial charge in [0.05, 0.1) is 18.0 Å². The molecule has 1 unspecified atom stereocenters. The van der Waals surface area contributed by atoms with E-state index in [0.717, 1.165) is 0 Å². The van der Waals surface area contributed by atoms with Crippen LogP contribution in [-0.4, -0.2) is 56.7 Å². The van der Waals surface area contributed by atoms with Crippen molar-refractivity contribution < 1.29 is 15.0 Å². The molecule has 4 N–H and O–H groups in total. The van der Waals surface area contributed by atoms with Crippen LogP contribution in [0.25, 0.3) is 0 Å². The van der Waals surface area contributed by atoms with Crippen LogP contribution in [0.15, 0.2) is 17.8 Å². The molecule has 0 aromatic heterocycles. The molecular weight excluding hydrogens is 254 g/mol. The summed E-state index contributed by atoms with van der Waals surface area (Å²) in [5.41, 5.74) is 5.35. The fraction of sp³-hybridized carbons (Fsp3) is 0.636. The molecule has 0 spiro atoms. The van der Waals surface area contributed by atoms with Crippen molar-refractivity contribution in [2.45, 2.75) is 29.9 Å². The van der Waals surface area contributed by atoms with Gasteiger partial charge in [0, 0.05) is 18.0 Å². The zero-order valence-electron chi connectivity index (χ0n) is 10.3. The number of aliphatic imine (C=N–C) groups is 1. The molecule has 0 aromatic carbocycles. The first-order chi connectivity index (χ1) is 8.47. The molecule has 6 nitrogen and oxygen atoms in total. The molecule has 1 fully saturated rings. The average molecular weight is 273 g/mol. The Bertz CT molecular complexity index is 344. The third-order valence-electron chi connectivity index (χ3n) is 2.62. The Morgan fingerprint density at radius 3 is 2.83 bits per heavy atom. The number of hydrogen-bond donors (Lipinski definition) is 3. The summed E-state index contributed by atoms with van der Waals surface area (Å²) in [6, 6.07) is -0.465. The normalized spacial score (nSPS) is 28.2. The fourth-order valence-electron chi connectivity index (χ4n) is 1.76. The van der Waals surface area contributed by atoms with Gasteiger partial charge in [-0.1, -0.05) is 6.58 Å². The Balaban J connectivity index is 2.57. The van der Waals surface area contributed by atoms with Crippen LogP contribution < -0.4 is 5.73 Å². The van der Waals surface area contributed by atoms with Gasteiger partial charge in [-0.05, 0) is 13.3 Å². The Kier molecular flexibility index (Phi) is 5.64. The summed E-state index contributed by atoms with van der Waals surface area (Å²) >= 11 is 1.48. The highest BCUT2D eigenvalue weighted by atomic mass is 32.2. The van der Waals surface area contributed by atoms with Crippen molar-refractivity contribution in [3.8, 4) is 0 Å². The molecule has 0 radical (unpaired) electrons. The zero-order chi connectivity index (χ0) is 13.7. The third-order valence-corrected chi connectivity index (χ3v) is 4.16. The number of thioether (sulfide) groups is 1. The number of hydrogen-bond acceptors (Lipinski definition) is 4. The summed E-state index contributed by atoms with van der Waals surface area (Å²) < 4.78 is 0. The molecule has 0 aliphatic carbocycles. The van der Waals surface area contributed by atoms with Gasteiger partial charge in [-0.3, -0.25) is 4.90 Å². The maximum absolute atomic E-state index is 11.7. The van der Waals surface area contributed by atoms with Crippen LogP contribution in [0.4, 0.5) is 4.79 Å². The lowest BCUT2D eigenvalue weighted by atomic mass is 10.1. The number of carbonyl (C=O) groups is 1. The minimum Gasteiger partial charge on any atom is -0.395 e. The Labute approximate surface area is 111 Å². The number of nitrogens with zero attached hydrogens (tertiary/aromatic N) is 2. The number of amidine groups is 1. The molecule has 0 bridgehead atoms. The first-order valence-electron chi connectivity index (χ1n) is 5.66. The van der Waals surface area contributed by atoms with Crippen molar-refractivity contribution in [1.82, 2.24) is 4.90 Å². The van der Waals surface area contributed by atoms with Crippen molar-refractivity contribution in [3.05, 3.63) is 12.8 Å². The van der Waals surface area contributed by atoms with Gasteiger partial charge in [0.1, 0.15) is 5.84 Å². The maximum atomic E-state index is 11.7. The van der Waals surface area contributed by atoms with Crippen LogP contribution in [0.5, 0.6) is 0 Å². The molecule has 3 atom stereocenters. The van der Waals surface area contributed by atoms with E-state index in [1.165, 1.54) is 29.8 Å². The van der Waals surface area contributed by atoms with Crippen molar-refractivity contribution in [1.29, 1.82) is 0 Å². The highest BCUT2D eigenvalue weighted by molar-refractivity contribution is 8.00. The standard InChI is InChI=1S/C11H19N3O3S/c1-3-14(11(17)13-7(2)12)5-8-4-9(16)10(6-15)18-8/h3,8-10,15-16H,1,4-6H2,2H3,(H2,12,13,17)/t8-,9?,10-/m1/s1. The summed E-state index contributed by atoms with van der Waals surface area (Å²) in [5.74, 6) is 0.194. The van der Waals surface area contributed by atoms with Gasteiger partial charge in [-0.25, -0.2) is 4.79 Å². The SMILES string of the molecule is C=CN(C[C@H]1CC(O)[C@@H](CO)S1)C(=O)/N=C(/C)N. The van der Waals surface area contributed by atoms with Gasteiger partial charge in [-0.2, -0.15) is 4.99 Å². The van der Waals surface area contributed by atoms with Crippen LogP contribution in [0.2, 0.25) is 0 Å². The van der Waals surface area contributed by atoms with E-state index in [2.05, 4.69) is 11.6 Å². The molecule has 0 aromatic rings. The monoisotopic (exact) mass is 273 g/mol. The van der Waals surface area contributed by atoms with Gasteiger partial charge in [0.15, 0.2) is 0 Å². The maximum Gasteiger partial charge on any atom is 0.349 e. The summed E-state index contributed by atoms with van der Waals surface area (Å²) in [5, 5.41) is 18.6. The summed E-state index contributed by atoms with van der Waals surface area (Å²) in [7, 11) is 0. The third kappa shape index (κ3) is 4.01. The molecular formula is C11H19N3O3S. The van der Waals surface area contributed by atoms with Gasteiger partial charge in [0.25, 0.3) is 0 Å².